The Morgan fingerprint density at radius 2 is 1.69 bits per heavy atom. The number of benzene rings is 1. The number of carbonyl (C=O) groups excluding carboxylic acids is 1. The second-order valence-electron chi connectivity index (χ2n) is 8.59. The molecule has 0 aliphatic heterocycles. The van der Waals surface area contributed by atoms with Crippen molar-refractivity contribution in [1.82, 2.24) is 10.2 Å². The first kappa shape index (κ1) is 20.2. The molecule has 0 aliphatic rings. The standard InChI is InChI=1S/C21H29FN2O2/c1-20(2,3)23-19(25)18-12-11-16(26-18)14-24(21(4,5)6)13-15-9-7-8-10-17(15)22/h7-12H,13-14H2,1-6H3,(H,23,25). The van der Waals surface area contributed by atoms with Gasteiger partial charge in [0.2, 0.25) is 0 Å². The number of carbonyl (C=O) groups is 1. The quantitative estimate of drug-likeness (QED) is 0.837. The molecule has 2 rings (SSSR count). The van der Waals surface area contributed by atoms with Crippen LogP contribution < -0.4 is 5.32 Å². The summed E-state index contributed by atoms with van der Waals surface area (Å²) in [5.74, 6) is 0.511. The van der Waals surface area contributed by atoms with Crippen LogP contribution in [0.25, 0.3) is 0 Å². The molecule has 0 saturated heterocycles. The molecule has 26 heavy (non-hydrogen) atoms. The highest BCUT2D eigenvalue weighted by atomic mass is 19.1. The third-order valence-corrected chi connectivity index (χ3v) is 3.99. The second kappa shape index (κ2) is 7.62. The maximum atomic E-state index is 14.0. The molecule has 1 aromatic carbocycles. The largest absolute Gasteiger partial charge is 0.455 e. The highest BCUT2D eigenvalue weighted by molar-refractivity contribution is 5.91. The van der Waals surface area contributed by atoms with E-state index in [0.717, 1.165) is 0 Å². The van der Waals surface area contributed by atoms with E-state index in [1.54, 1.807) is 24.3 Å². The smallest absolute Gasteiger partial charge is 0.287 e. The van der Waals surface area contributed by atoms with Gasteiger partial charge in [-0.1, -0.05) is 18.2 Å². The van der Waals surface area contributed by atoms with Gasteiger partial charge in [-0.15, -0.1) is 0 Å². The van der Waals surface area contributed by atoms with Crippen molar-refractivity contribution >= 4 is 5.91 Å². The molecule has 0 fully saturated rings. The van der Waals surface area contributed by atoms with E-state index in [0.29, 0.717) is 24.4 Å². The summed E-state index contributed by atoms with van der Waals surface area (Å²) in [7, 11) is 0. The van der Waals surface area contributed by atoms with Gasteiger partial charge in [0, 0.05) is 23.2 Å². The minimum absolute atomic E-state index is 0.192. The fraction of sp³-hybridized carbons (Fsp3) is 0.476. The minimum Gasteiger partial charge on any atom is -0.455 e. The monoisotopic (exact) mass is 360 g/mol. The van der Waals surface area contributed by atoms with E-state index in [2.05, 4.69) is 31.0 Å². The molecule has 2 aromatic rings. The van der Waals surface area contributed by atoms with Crippen molar-refractivity contribution in [3.63, 3.8) is 0 Å². The molecule has 4 nitrogen and oxygen atoms in total. The number of rotatable bonds is 5. The molecular formula is C21H29FN2O2. The van der Waals surface area contributed by atoms with Crippen LogP contribution in [0.1, 0.15) is 63.4 Å². The maximum Gasteiger partial charge on any atom is 0.287 e. The molecule has 1 N–H and O–H groups in total. The number of halogens is 1. The van der Waals surface area contributed by atoms with Crippen LogP contribution in [-0.2, 0) is 13.1 Å². The molecule has 0 aliphatic carbocycles. The van der Waals surface area contributed by atoms with Gasteiger partial charge >= 0.3 is 0 Å². The molecule has 0 unspecified atom stereocenters. The summed E-state index contributed by atoms with van der Waals surface area (Å²) in [6, 6.07) is 10.3. The van der Waals surface area contributed by atoms with E-state index in [1.165, 1.54) is 6.07 Å². The summed E-state index contributed by atoms with van der Waals surface area (Å²) < 4.78 is 19.8. The zero-order valence-electron chi connectivity index (χ0n) is 16.5. The second-order valence-corrected chi connectivity index (χ2v) is 8.59. The van der Waals surface area contributed by atoms with Gasteiger partial charge in [-0.2, -0.15) is 0 Å². The molecule has 1 aromatic heterocycles. The summed E-state index contributed by atoms with van der Waals surface area (Å²) in [5, 5.41) is 2.88. The SMILES string of the molecule is CC(C)(C)NC(=O)c1ccc(CN(Cc2ccccc2F)C(C)(C)C)o1. The Kier molecular flexibility index (Phi) is 5.91. The summed E-state index contributed by atoms with van der Waals surface area (Å²) in [5.41, 5.74) is 0.120. The molecule has 0 spiro atoms. The lowest BCUT2D eigenvalue weighted by molar-refractivity contribution is 0.0873. The molecule has 0 radical (unpaired) electrons. The maximum absolute atomic E-state index is 14.0. The van der Waals surface area contributed by atoms with Crippen molar-refractivity contribution in [3.8, 4) is 0 Å². The van der Waals surface area contributed by atoms with E-state index in [-0.39, 0.29) is 28.6 Å². The van der Waals surface area contributed by atoms with E-state index >= 15 is 0 Å². The van der Waals surface area contributed by atoms with Gasteiger partial charge in [-0.25, -0.2) is 4.39 Å². The van der Waals surface area contributed by atoms with Crippen LogP contribution in [-0.4, -0.2) is 21.9 Å². The lowest BCUT2D eigenvalue weighted by Gasteiger charge is -2.35. The van der Waals surface area contributed by atoms with Crippen LogP contribution >= 0.6 is 0 Å². The van der Waals surface area contributed by atoms with Crippen molar-refractivity contribution in [2.24, 2.45) is 0 Å². The van der Waals surface area contributed by atoms with Gasteiger partial charge in [-0.3, -0.25) is 9.69 Å². The summed E-state index contributed by atoms with van der Waals surface area (Å²) in [6.45, 7) is 12.9. The van der Waals surface area contributed by atoms with Crippen LogP contribution in [0.15, 0.2) is 40.8 Å². The fourth-order valence-corrected chi connectivity index (χ4v) is 2.54. The van der Waals surface area contributed by atoms with E-state index in [9.17, 15) is 9.18 Å². The van der Waals surface area contributed by atoms with Crippen molar-refractivity contribution in [1.29, 1.82) is 0 Å². The lowest BCUT2D eigenvalue weighted by Crippen LogP contribution is -2.40. The van der Waals surface area contributed by atoms with E-state index < -0.39 is 0 Å². The first-order valence-electron chi connectivity index (χ1n) is 8.85. The first-order valence-corrected chi connectivity index (χ1v) is 8.85. The highest BCUT2D eigenvalue weighted by Gasteiger charge is 2.25. The Bertz CT molecular complexity index is 754. The van der Waals surface area contributed by atoms with E-state index in [4.69, 9.17) is 4.42 Å². The number of nitrogens with zero attached hydrogens (tertiary/aromatic N) is 1. The van der Waals surface area contributed by atoms with Crippen LogP contribution in [0.3, 0.4) is 0 Å². The van der Waals surface area contributed by atoms with Gasteiger partial charge in [0.25, 0.3) is 5.91 Å². The van der Waals surface area contributed by atoms with Crippen LogP contribution in [0.5, 0.6) is 0 Å². The number of nitrogens with one attached hydrogen (secondary N) is 1. The number of hydrogen-bond donors (Lipinski definition) is 1. The van der Waals surface area contributed by atoms with Crippen molar-refractivity contribution in [2.75, 3.05) is 0 Å². The normalized spacial score (nSPS) is 12.5. The van der Waals surface area contributed by atoms with Crippen LogP contribution in [0.4, 0.5) is 4.39 Å². The molecule has 0 bridgehead atoms. The minimum atomic E-state index is -0.327. The lowest BCUT2D eigenvalue weighted by atomic mass is 10.0. The Hall–Kier alpha value is -2.14. The molecular weight excluding hydrogens is 331 g/mol. The Morgan fingerprint density at radius 1 is 1.04 bits per heavy atom. The topological polar surface area (TPSA) is 45.5 Å². The molecule has 0 atom stereocenters. The molecule has 1 amide bonds. The fourth-order valence-electron chi connectivity index (χ4n) is 2.54. The number of hydrogen-bond acceptors (Lipinski definition) is 3. The van der Waals surface area contributed by atoms with Gasteiger partial charge in [0.1, 0.15) is 11.6 Å². The Morgan fingerprint density at radius 3 is 2.27 bits per heavy atom. The first-order chi connectivity index (χ1) is 12.0. The third-order valence-electron chi connectivity index (χ3n) is 3.99. The average Bonchev–Trinajstić information content (AvgIpc) is 2.95. The van der Waals surface area contributed by atoms with Crippen molar-refractivity contribution in [3.05, 3.63) is 59.3 Å². The van der Waals surface area contributed by atoms with Crippen LogP contribution in [0, 0.1) is 5.82 Å². The van der Waals surface area contributed by atoms with Crippen molar-refractivity contribution in [2.45, 2.75) is 65.7 Å². The average molecular weight is 360 g/mol. The number of amides is 1. The highest BCUT2D eigenvalue weighted by Crippen LogP contribution is 2.23. The summed E-state index contributed by atoms with van der Waals surface area (Å²) in [4.78, 5) is 14.3. The Balaban J connectivity index is 2.15. The molecule has 0 saturated carbocycles. The van der Waals surface area contributed by atoms with Crippen LogP contribution in [0.2, 0.25) is 0 Å². The third kappa shape index (κ3) is 5.70. The van der Waals surface area contributed by atoms with Gasteiger partial charge < -0.3 is 9.73 Å². The van der Waals surface area contributed by atoms with Gasteiger partial charge in [0.15, 0.2) is 5.76 Å². The number of furan rings is 1. The van der Waals surface area contributed by atoms with Gasteiger partial charge in [-0.05, 0) is 59.7 Å². The molecule has 5 heteroatoms. The predicted octanol–water partition coefficient (Wildman–Crippen LogP) is 4.75. The zero-order chi connectivity index (χ0) is 19.5. The summed E-state index contributed by atoms with van der Waals surface area (Å²) in [6.07, 6.45) is 0. The van der Waals surface area contributed by atoms with Crippen molar-refractivity contribution < 1.29 is 13.6 Å². The summed E-state index contributed by atoms with van der Waals surface area (Å²) >= 11 is 0. The molecule has 1 heterocycles. The van der Waals surface area contributed by atoms with E-state index in [1.807, 2.05) is 26.8 Å². The predicted molar refractivity (Wildman–Crippen MR) is 101 cm³/mol. The Labute approximate surface area is 155 Å². The zero-order valence-corrected chi connectivity index (χ0v) is 16.5. The molecule has 142 valence electrons. The van der Waals surface area contributed by atoms with Gasteiger partial charge in [0.05, 0.1) is 6.54 Å².